The number of benzene rings is 1. The van der Waals surface area contributed by atoms with Gasteiger partial charge >= 0.3 is 0 Å². The molecule has 0 amide bonds. The van der Waals surface area contributed by atoms with E-state index in [1.165, 1.54) is 17.5 Å². The summed E-state index contributed by atoms with van der Waals surface area (Å²) in [6.45, 7) is 0.812. The summed E-state index contributed by atoms with van der Waals surface area (Å²) in [5.41, 5.74) is -0.345. The molecule has 0 radical (unpaired) electrons. The second-order valence-electron chi connectivity index (χ2n) is 4.76. The minimum Gasteiger partial charge on any atom is -0.494 e. The molecule has 1 aliphatic rings. The molecule has 0 bridgehead atoms. The summed E-state index contributed by atoms with van der Waals surface area (Å²) >= 11 is 0. The Balaban J connectivity index is 2.10. The highest BCUT2D eigenvalue weighted by Gasteiger charge is 2.27. The van der Waals surface area contributed by atoms with Crippen molar-refractivity contribution < 1.29 is 22.5 Å². The fourth-order valence-corrected chi connectivity index (χ4v) is 3.78. The standard InChI is InChI=1S/C12H16FN3O5S/c1-21-12-8-10(11(16(17)18)7-9(12)13)14-3-5-15-4-2-6-22(15,19)20/h7-8,14H,2-6H2,1H3. The maximum absolute atomic E-state index is 13.5. The van der Waals surface area contributed by atoms with Crippen LogP contribution in [0.4, 0.5) is 15.8 Å². The van der Waals surface area contributed by atoms with Crippen LogP contribution in [-0.2, 0) is 10.0 Å². The molecular formula is C12H16FN3O5S. The number of sulfonamides is 1. The van der Waals surface area contributed by atoms with E-state index in [-0.39, 0.29) is 30.3 Å². The molecule has 1 heterocycles. The summed E-state index contributed by atoms with van der Waals surface area (Å²) in [5, 5.41) is 13.7. The number of hydrogen-bond donors (Lipinski definition) is 1. The molecule has 1 aromatic rings. The van der Waals surface area contributed by atoms with Gasteiger partial charge < -0.3 is 10.1 Å². The fourth-order valence-electron chi connectivity index (χ4n) is 2.25. The summed E-state index contributed by atoms with van der Waals surface area (Å²) in [6, 6.07) is 1.96. The van der Waals surface area contributed by atoms with E-state index < -0.39 is 26.5 Å². The largest absolute Gasteiger partial charge is 0.494 e. The highest BCUT2D eigenvalue weighted by Crippen LogP contribution is 2.31. The van der Waals surface area contributed by atoms with Gasteiger partial charge in [-0.2, -0.15) is 0 Å². The predicted octanol–water partition coefficient (Wildman–Crippen LogP) is 1.19. The summed E-state index contributed by atoms with van der Waals surface area (Å²) in [5.74, 6) is -0.832. The molecule has 2 rings (SSSR count). The molecule has 1 fully saturated rings. The molecule has 22 heavy (non-hydrogen) atoms. The molecule has 0 aliphatic carbocycles. The Kier molecular flexibility index (Phi) is 4.81. The number of methoxy groups -OCH3 is 1. The van der Waals surface area contributed by atoms with Crippen LogP contribution >= 0.6 is 0 Å². The van der Waals surface area contributed by atoms with Crippen molar-refractivity contribution in [3.8, 4) is 5.75 Å². The van der Waals surface area contributed by atoms with Crippen molar-refractivity contribution in [2.75, 3.05) is 37.8 Å². The third kappa shape index (κ3) is 3.45. The summed E-state index contributed by atoms with van der Waals surface area (Å²) in [6.07, 6.45) is 0.576. The van der Waals surface area contributed by atoms with Crippen LogP contribution in [0.25, 0.3) is 0 Å². The summed E-state index contributed by atoms with van der Waals surface area (Å²) in [7, 11) is -1.96. The maximum Gasteiger partial charge on any atom is 0.295 e. The van der Waals surface area contributed by atoms with Gasteiger partial charge in [0.2, 0.25) is 10.0 Å². The second kappa shape index (κ2) is 6.44. The van der Waals surface area contributed by atoms with Gasteiger partial charge in [0, 0.05) is 25.7 Å². The van der Waals surface area contributed by atoms with Crippen LogP contribution in [0, 0.1) is 15.9 Å². The van der Waals surface area contributed by atoms with E-state index in [4.69, 9.17) is 4.74 Å². The number of ether oxygens (including phenoxy) is 1. The average molecular weight is 333 g/mol. The van der Waals surface area contributed by atoms with E-state index in [0.717, 1.165) is 6.07 Å². The third-order valence-electron chi connectivity index (χ3n) is 3.35. The van der Waals surface area contributed by atoms with Gasteiger partial charge in [0.05, 0.1) is 23.9 Å². The molecule has 0 unspecified atom stereocenters. The molecule has 0 saturated carbocycles. The zero-order valence-corrected chi connectivity index (χ0v) is 12.7. The number of nitro groups is 1. The fraction of sp³-hybridized carbons (Fsp3) is 0.500. The first-order chi connectivity index (χ1) is 10.3. The zero-order valence-electron chi connectivity index (χ0n) is 11.9. The van der Waals surface area contributed by atoms with Crippen molar-refractivity contribution in [2.24, 2.45) is 0 Å². The van der Waals surface area contributed by atoms with Gasteiger partial charge in [-0.05, 0) is 6.42 Å². The molecule has 1 aliphatic heterocycles. The Labute approximate surface area is 127 Å². The van der Waals surface area contributed by atoms with Gasteiger partial charge in [0.15, 0.2) is 11.6 Å². The molecule has 122 valence electrons. The zero-order chi connectivity index (χ0) is 16.3. The number of hydrogen-bond acceptors (Lipinski definition) is 6. The summed E-state index contributed by atoms with van der Waals surface area (Å²) < 4.78 is 42.9. The second-order valence-corrected chi connectivity index (χ2v) is 6.84. The van der Waals surface area contributed by atoms with Crippen LogP contribution in [-0.4, -0.2) is 50.1 Å². The van der Waals surface area contributed by atoms with Crippen LogP contribution in [0.1, 0.15) is 6.42 Å². The Bertz CT molecular complexity index is 680. The SMILES string of the molecule is COc1cc(NCCN2CCCS2(=O)=O)c([N+](=O)[O-])cc1F. The molecule has 0 spiro atoms. The Morgan fingerprint density at radius 1 is 1.50 bits per heavy atom. The number of nitrogens with one attached hydrogen (secondary N) is 1. The van der Waals surface area contributed by atoms with Crippen LogP contribution in [0.15, 0.2) is 12.1 Å². The topological polar surface area (TPSA) is 102 Å². The van der Waals surface area contributed by atoms with E-state index >= 15 is 0 Å². The lowest BCUT2D eigenvalue weighted by molar-refractivity contribution is -0.384. The normalized spacial score (nSPS) is 17.4. The lowest BCUT2D eigenvalue weighted by atomic mass is 10.2. The van der Waals surface area contributed by atoms with Gasteiger partial charge in [-0.15, -0.1) is 0 Å². The molecule has 0 aromatic heterocycles. The highest BCUT2D eigenvalue weighted by molar-refractivity contribution is 7.89. The van der Waals surface area contributed by atoms with Gasteiger partial charge in [-0.25, -0.2) is 17.1 Å². The quantitative estimate of drug-likeness (QED) is 0.620. The van der Waals surface area contributed by atoms with Crippen molar-refractivity contribution in [2.45, 2.75) is 6.42 Å². The molecule has 1 N–H and O–H groups in total. The van der Waals surface area contributed by atoms with Crippen LogP contribution in [0.3, 0.4) is 0 Å². The molecule has 1 saturated heterocycles. The molecular weight excluding hydrogens is 317 g/mol. The number of halogens is 1. The van der Waals surface area contributed by atoms with E-state index in [1.807, 2.05) is 0 Å². The van der Waals surface area contributed by atoms with Crippen molar-refractivity contribution in [3.63, 3.8) is 0 Å². The van der Waals surface area contributed by atoms with E-state index in [0.29, 0.717) is 13.0 Å². The van der Waals surface area contributed by atoms with Crippen LogP contribution in [0.2, 0.25) is 0 Å². The van der Waals surface area contributed by atoms with Crippen molar-refractivity contribution in [1.29, 1.82) is 0 Å². The average Bonchev–Trinajstić information content (AvgIpc) is 2.79. The minimum absolute atomic E-state index is 0.0832. The van der Waals surface area contributed by atoms with Crippen molar-refractivity contribution in [1.82, 2.24) is 4.31 Å². The van der Waals surface area contributed by atoms with E-state index in [9.17, 15) is 22.9 Å². The number of rotatable bonds is 6. The molecule has 10 heteroatoms. The maximum atomic E-state index is 13.5. The van der Waals surface area contributed by atoms with Crippen molar-refractivity contribution in [3.05, 3.63) is 28.1 Å². The van der Waals surface area contributed by atoms with Gasteiger partial charge in [0.25, 0.3) is 5.69 Å². The van der Waals surface area contributed by atoms with E-state index in [1.54, 1.807) is 0 Å². The van der Waals surface area contributed by atoms with Crippen LogP contribution in [0.5, 0.6) is 5.75 Å². The lowest BCUT2D eigenvalue weighted by Gasteiger charge is -2.15. The molecule has 0 atom stereocenters. The Morgan fingerprint density at radius 3 is 2.77 bits per heavy atom. The van der Waals surface area contributed by atoms with Gasteiger partial charge in [0.1, 0.15) is 5.69 Å². The Morgan fingerprint density at radius 2 is 2.23 bits per heavy atom. The lowest BCUT2D eigenvalue weighted by Crippen LogP contribution is -2.30. The predicted molar refractivity (Wildman–Crippen MR) is 78.1 cm³/mol. The van der Waals surface area contributed by atoms with E-state index in [2.05, 4.69) is 5.32 Å². The van der Waals surface area contributed by atoms with Crippen molar-refractivity contribution >= 4 is 21.4 Å². The summed E-state index contributed by atoms with van der Waals surface area (Å²) in [4.78, 5) is 10.2. The third-order valence-corrected chi connectivity index (χ3v) is 5.30. The van der Waals surface area contributed by atoms with Crippen LogP contribution < -0.4 is 10.1 Å². The molecule has 8 nitrogen and oxygen atoms in total. The van der Waals surface area contributed by atoms with Gasteiger partial charge in [-0.3, -0.25) is 10.1 Å². The smallest absolute Gasteiger partial charge is 0.295 e. The minimum atomic E-state index is -3.21. The number of nitro benzene ring substituents is 1. The Hall–Kier alpha value is -1.94. The highest BCUT2D eigenvalue weighted by atomic mass is 32.2. The number of anilines is 1. The first-order valence-electron chi connectivity index (χ1n) is 6.59. The first kappa shape index (κ1) is 16.4. The molecule has 1 aromatic carbocycles. The monoisotopic (exact) mass is 333 g/mol. The number of nitrogens with zero attached hydrogens (tertiary/aromatic N) is 2. The van der Waals surface area contributed by atoms with Gasteiger partial charge in [-0.1, -0.05) is 0 Å². The first-order valence-corrected chi connectivity index (χ1v) is 8.19.